The van der Waals surface area contributed by atoms with Crippen molar-refractivity contribution in [2.24, 2.45) is 5.73 Å². The fourth-order valence-electron chi connectivity index (χ4n) is 2.80. The fraction of sp³-hybridized carbons (Fsp3) is 0.158. The molecule has 2 N–H and O–H groups in total. The Morgan fingerprint density at radius 2 is 1.50 bits per heavy atom. The van der Waals surface area contributed by atoms with Crippen molar-refractivity contribution in [1.82, 2.24) is 0 Å². The fourth-order valence-corrected chi connectivity index (χ4v) is 2.80. The molecule has 0 amide bonds. The van der Waals surface area contributed by atoms with Crippen LogP contribution in [-0.2, 0) is 0 Å². The maximum absolute atomic E-state index is 12.3. The molecule has 0 radical (unpaired) electrons. The number of hydrogen-bond donors (Lipinski definition) is 1. The molecule has 3 rings (SSSR count). The zero-order valence-corrected chi connectivity index (χ0v) is 14.6. The summed E-state index contributed by atoms with van der Waals surface area (Å²) in [6.45, 7) is 0. The van der Waals surface area contributed by atoms with Crippen LogP contribution in [0, 0.1) is 0 Å². The van der Waals surface area contributed by atoms with E-state index >= 15 is 0 Å². The molecule has 3 aromatic rings. The van der Waals surface area contributed by atoms with Crippen LogP contribution >= 0.6 is 12.4 Å². The van der Waals surface area contributed by atoms with E-state index in [1.807, 2.05) is 36.4 Å². The van der Waals surface area contributed by atoms with Crippen molar-refractivity contribution in [1.29, 1.82) is 0 Å². The number of hydrogen-bond acceptors (Lipinski definition) is 3. The van der Waals surface area contributed by atoms with E-state index in [9.17, 15) is 13.2 Å². The maximum atomic E-state index is 12.3. The minimum Gasteiger partial charge on any atom is -0.496 e. The molecule has 0 bridgehead atoms. The largest absolute Gasteiger partial charge is 0.573 e. The van der Waals surface area contributed by atoms with Crippen LogP contribution in [0.25, 0.3) is 10.8 Å². The van der Waals surface area contributed by atoms with Crippen LogP contribution in [0.15, 0.2) is 60.7 Å². The molecule has 0 unspecified atom stereocenters. The second kappa shape index (κ2) is 7.85. The highest BCUT2D eigenvalue weighted by molar-refractivity contribution is 5.91. The Hall–Kier alpha value is -2.44. The molecule has 0 fully saturated rings. The van der Waals surface area contributed by atoms with Gasteiger partial charge < -0.3 is 15.2 Å². The van der Waals surface area contributed by atoms with Gasteiger partial charge in [-0.15, -0.1) is 25.6 Å². The Labute approximate surface area is 154 Å². The summed E-state index contributed by atoms with van der Waals surface area (Å²) in [5.74, 6) is 0.462. The van der Waals surface area contributed by atoms with E-state index in [1.54, 1.807) is 7.11 Å². The van der Waals surface area contributed by atoms with Gasteiger partial charge in [0, 0.05) is 5.39 Å². The Kier molecular flexibility index (Phi) is 6.00. The number of alkyl halides is 3. The van der Waals surface area contributed by atoms with Gasteiger partial charge in [-0.1, -0.05) is 42.5 Å². The molecule has 0 aromatic heterocycles. The van der Waals surface area contributed by atoms with E-state index in [4.69, 9.17) is 10.5 Å². The molecule has 0 saturated carbocycles. The molecule has 26 heavy (non-hydrogen) atoms. The first-order valence-corrected chi connectivity index (χ1v) is 7.56. The Morgan fingerprint density at radius 1 is 0.885 bits per heavy atom. The molecule has 0 aliphatic heterocycles. The van der Waals surface area contributed by atoms with Crippen molar-refractivity contribution in [2.45, 2.75) is 12.4 Å². The summed E-state index contributed by atoms with van der Waals surface area (Å²) in [6, 6.07) is 16.5. The van der Waals surface area contributed by atoms with Crippen LogP contribution in [0.5, 0.6) is 11.5 Å². The van der Waals surface area contributed by atoms with Crippen molar-refractivity contribution in [2.75, 3.05) is 7.11 Å². The molecule has 0 heterocycles. The molecule has 138 valence electrons. The third-order valence-electron chi connectivity index (χ3n) is 3.95. The molecule has 0 saturated heterocycles. The normalized spacial score (nSPS) is 12.3. The number of benzene rings is 3. The highest BCUT2D eigenvalue weighted by Gasteiger charge is 2.31. The predicted octanol–water partition coefficient (Wildman–Crippen LogP) is 5.22. The zero-order chi connectivity index (χ0) is 18.0. The third-order valence-corrected chi connectivity index (χ3v) is 3.95. The summed E-state index contributed by atoms with van der Waals surface area (Å²) in [6.07, 6.45) is -4.71. The SMILES string of the molecule is COc1ccc([C@@H](N)c2ccc(OC(F)(F)F)cc2)c2ccccc12.Cl. The topological polar surface area (TPSA) is 44.5 Å². The van der Waals surface area contributed by atoms with Crippen LogP contribution in [0.3, 0.4) is 0 Å². The number of rotatable bonds is 4. The molecule has 3 aromatic carbocycles. The number of methoxy groups -OCH3 is 1. The lowest BCUT2D eigenvalue weighted by atomic mass is 9.94. The van der Waals surface area contributed by atoms with Gasteiger partial charge in [-0.05, 0) is 34.7 Å². The van der Waals surface area contributed by atoms with Crippen LogP contribution in [-0.4, -0.2) is 13.5 Å². The summed E-state index contributed by atoms with van der Waals surface area (Å²) in [4.78, 5) is 0. The van der Waals surface area contributed by atoms with Gasteiger partial charge in [0.05, 0.1) is 13.2 Å². The highest BCUT2D eigenvalue weighted by Crippen LogP contribution is 2.33. The molecule has 7 heteroatoms. The van der Waals surface area contributed by atoms with E-state index in [0.717, 1.165) is 22.1 Å². The van der Waals surface area contributed by atoms with Crippen molar-refractivity contribution in [3.8, 4) is 11.5 Å². The number of nitrogens with two attached hydrogens (primary N) is 1. The molecule has 3 nitrogen and oxygen atoms in total. The molecular weight excluding hydrogens is 367 g/mol. The van der Waals surface area contributed by atoms with Crippen LogP contribution < -0.4 is 15.2 Å². The van der Waals surface area contributed by atoms with E-state index in [0.29, 0.717) is 5.56 Å². The van der Waals surface area contributed by atoms with E-state index in [2.05, 4.69) is 4.74 Å². The second-order valence-corrected chi connectivity index (χ2v) is 5.50. The zero-order valence-electron chi connectivity index (χ0n) is 13.8. The molecule has 0 aliphatic carbocycles. The standard InChI is InChI=1S/C19H16F3NO2.ClH/c1-24-17-11-10-16(14-4-2-3-5-15(14)17)18(23)12-6-8-13(9-7-12)25-19(20,21)22;/h2-11,18H,23H2,1H3;1H/t18-;/m0./s1. The lowest BCUT2D eigenvalue weighted by molar-refractivity contribution is -0.274. The van der Waals surface area contributed by atoms with Crippen LogP contribution in [0.1, 0.15) is 17.2 Å². The van der Waals surface area contributed by atoms with E-state index in [1.165, 1.54) is 24.3 Å². The van der Waals surface area contributed by atoms with Gasteiger partial charge in [-0.25, -0.2) is 0 Å². The summed E-state index contributed by atoms with van der Waals surface area (Å²) >= 11 is 0. The van der Waals surface area contributed by atoms with Gasteiger partial charge in [0.1, 0.15) is 11.5 Å². The summed E-state index contributed by atoms with van der Waals surface area (Å²) in [5, 5.41) is 1.86. The van der Waals surface area contributed by atoms with Gasteiger partial charge in [-0.3, -0.25) is 0 Å². The minimum absolute atomic E-state index is 0. The van der Waals surface area contributed by atoms with Crippen molar-refractivity contribution >= 4 is 23.2 Å². The Morgan fingerprint density at radius 3 is 2.08 bits per heavy atom. The molecule has 1 atom stereocenters. The number of ether oxygens (including phenoxy) is 2. The van der Waals surface area contributed by atoms with Gasteiger partial charge in [0.15, 0.2) is 0 Å². The lowest BCUT2D eigenvalue weighted by Crippen LogP contribution is -2.17. The first kappa shape index (κ1) is 19.9. The molecule has 0 spiro atoms. The van der Waals surface area contributed by atoms with Crippen molar-refractivity contribution < 1.29 is 22.6 Å². The minimum atomic E-state index is -4.71. The summed E-state index contributed by atoms with van der Waals surface area (Å²) in [5.41, 5.74) is 7.89. The second-order valence-electron chi connectivity index (χ2n) is 5.50. The van der Waals surface area contributed by atoms with E-state index in [-0.39, 0.29) is 18.2 Å². The van der Waals surface area contributed by atoms with Crippen molar-refractivity contribution in [3.05, 3.63) is 71.8 Å². The number of fused-ring (bicyclic) bond motifs is 1. The Balaban J connectivity index is 0.00000243. The lowest BCUT2D eigenvalue weighted by Gasteiger charge is -2.17. The third kappa shape index (κ3) is 4.20. The van der Waals surface area contributed by atoms with E-state index < -0.39 is 12.4 Å². The van der Waals surface area contributed by atoms with Gasteiger partial charge >= 0.3 is 6.36 Å². The number of halogens is 4. The summed E-state index contributed by atoms with van der Waals surface area (Å²) in [7, 11) is 1.60. The predicted molar refractivity (Wildman–Crippen MR) is 96.9 cm³/mol. The monoisotopic (exact) mass is 383 g/mol. The molecule has 0 aliphatic rings. The van der Waals surface area contributed by atoms with Gasteiger partial charge in [-0.2, -0.15) is 0 Å². The van der Waals surface area contributed by atoms with Crippen LogP contribution in [0.4, 0.5) is 13.2 Å². The van der Waals surface area contributed by atoms with Gasteiger partial charge in [0.2, 0.25) is 0 Å². The highest BCUT2D eigenvalue weighted by atomic mass is 35.5. The molecular formula is C19H17ClF3NO2. The van der Waals surface area contributed by atoms with Crippen LogP contribution in [0.2, 0.25) is 0 Å². The van der Waals surface area contributed by atoms with Gasteiger partial charge in [0.25, 0.3) is 0 Å². The average molecular weight is 384 g/mol. The smallest absolute Gasteiger partial charge is 0.496 e. The Bertz CT molecular complexity index is 882. The first-order valence-electron chi connectivity index (χ1n) is 7.56. The van der Waals surface area contributed by atoms with Crippen molar-refractivity contribution in [3.63, 3.8) is 0 Å². The quantitative estimate of drug-likeness (QED) is 0.672. The average Bonchev–Trinajstić information content (AvgIpc) is 2.59. The summed E-state index contributed by atoms with van der Waals surface area (Å²) < 4.78 is 46.0. The maximum Gasteiger partial charge on any atom is 0.573 e. The first-order chi connectivity index (χ1) is 11.9.